The van der Waals surface area contributed by atoms with Gasteiger partial charge >= 0.3 is 0 Å². The maximum Gasteiger partial charge on any atom is 0.253 e. The van der Waals surface area contributed by atoms with Gasteiger partial charge in [-0.15, -0.1) is 10.2 Å². The van der Waals surface area contributed by atoms with Crippen LogP contribution in [0.2, 0.25) is 0 Å². The van der Waals surface area contributed by atoms with Gasteiger partial charge in [-0.25, -0.2) is 0 Å². The summed E-state index contributed by atoms with van der Waals surface area (Å²) in [6.07, 6.45) is 4.13. The van der Waals surface area contributed by atoms with Crippen LogP contribution in [0.4, 0.5) is 0 Å². The first-order valence-corrected chi connectivity index (χ1v) is 7.84. The number of nitrogens with one attached hydrogen (secondary N) is 2. The number of hydrogen-bond donors (Lipinski definition) is 2. The van der Waals surface area contributed by atoms with Crippen molar-refractivity contribution in [3.05, 3.63) is 28.8 Å². The van der Waals surface area contributed by atoms with Crippen LogP contribution < -0.4 is 5.32 Å². The summed E-state index contributed by atoms with van der Waals surface area (Å²) in [5.41, 5.74) is 2.94. The van der Waals surface area contributed by atoms with Gasteiger partial charge in [0, 0.05) is 17.4 Å². The number of aromatic amines is 1. The van der Waals surface area contributed by atoms with E-state index in [4.69, 9.17) is 0 Å². The van der Waals surface area contributed by atoms with Crippen LogP contribution in [0.25, 0.3) is 0 Å². The Kier molecular flexibility index (Phi) is 3.96. The molecule has 0 spiro atoms. The fourth-order valence-corrected chi connectivity index (χ4v) is 3.01. The molecule has 7 nitrogen and oxygen atoms in total. The Morgan fingerprint density at radius 3 is 2.86 bits per heavy atom. The molecule has 1 aliphatic carbocycles. The van der Waals surface area contributed by atoms with Gasteiger partial charge in [-0.1, -0.05) is 18.6 Å². The third kappa shape index (κ3) is 2.75. The highest BCUT2D eigenvalue weighted by atomic mass is 16.1. The van der Waals surface area contributed by atoms with Crippen molar-refractivity contribution in [2.75, 3.05) is 0 Å². The lowest BCUT2D eigenvalue weighted by Crippen LogP contribution is -2.29. The Hall–Kier alpha value is -2.18. The van der Waals surface area contributed by atoms with Crippen LogP contribution in [0.1, 0.15) is 72.3 Å². The highest BCUT2D eigenvalue weighted by Gasteiger charge is 2.29. The van der Waals surface area contributed by atoms with E-state index in [2.05, 4.69) is 44.4 Å². The van der Waals surface area contributed by atoms with Crippen molar-refractivity contribution in [1.82, 2.24) is 30.5 Å². The number of carbonyl (C=O) groups excluding carboxylic acids is 1. The Morgan fingerprint density at radius 2 is 2.27 bits per heavy atom. The summed E-state index contributed by atoms with van der Waals surface area (Å²) in [5, 5.41) is 17.1. The molecule has 1 aliphatic rings. The molecule has 2 heterocycles. The second kappa shape index (κ2) is 5.90. The SMILES string of the molecule is CCC[C@H](NC(=O)c1cc(C)n(C2CC2)c1C)c1nn[nH]n1. The minimum Gasteiger partial charge on any atom is -0.345 e. The van der Waals surface area contributed by atoms with Crippen LogP contribution in [0.15, 0.2) is 6.07 Å². The first-order chi connectivity index (χ1) is 10.6. The topological polar surface area (TPSA) is 88.5 Å². The van der Waals surface area contributed by atoms with Crippen LogP contribution >= 0.6 is 0 Å². The summed E-state index contributed by atoms with van der Waals surface area (Å²) < 4.78 is 2.28. The van der Waals surface area contributed by atoms with Crippen LogP contribution in [0.3, 0.4) is 0 Å². The number of tetrazole rings is 1. The number of aryl methyl sites for hydroxylation is 1. The van der Waals surface area contributed by atoms with E-state index in [9.17, 15) is 4.79 Å². The molecule has 2 aromatic heterocycles. The average Bonchev–Trinajstić information content (AvgIpc) is 3.07. The predicted molar refractivity (Wildman–Crippen MR) is 81.5 cm³/mol. The fourth-order valence-electron chi connectivity index (χ4n) is 3.01. The molecule has 22 heavy (non-hydrogen) atoms. The zero-order chi connectivity index (χ0) is 15.7. The lowest BCUT2D eigenvalue weighted by molar-refractivity contribution is 0.0932. The van der Waals surface area contributed by atoms with Crippen molar-refractivity contribution < 1.29 is 4.79 Å². The minimum atomic E-state index is -0.208. The van der Waals surface area contributed by atoms with Gasteiger partial charge in [-0.2, -0.15) is 5.21 Å². The molecule has 1 amide bonds. The van der Waals surface area contributed by atoms with E-state index >= 15 is 0 Å². The summed E-state index contributed by atoms with van der Waals surface area (Å²) in [6.45, 7) is 6.15. The molecule has 7 heteroatoms. The molecule has 2 N–H and O–H groups in total. The van der Waals surface area contributed by atoms with Crippen LogP contribution in [0, 0.1) is 13.8 Å². The van der Waals surface area contributed by atoms with E-state index < -0.39 is 0 Å². The standard InChI is InChI=1S/C15H22N6O/c1-4-5-13(14-17-19-20-18-14)16-15(22)12-8-9(2)21(10(12)3)11-6-7-11/h8,11,13H,4-7H2,1-3H3,(H,16,22)(H,17,18,19,20)/t13-/m0/s1. The van der Waals surface area contributed by atoms with Gasteiger partial charge in [-0.3, -0.25) is 4.79 Å². The van der Waals surface area contributed by atoms with Crippen molar-refractivity contribution in [3.63, 3.8) is 0 Å². The molecule has 0 radical (unpaired) electrons. The van der Waals surface area contributed by atoms with Gasteiger partial charge in [0.15, 0.2) is 5.82 Å². The van der Waals surface area contributed by atoms with Crippen molar-refractivity contribution in [3.8, 4) is 0 Å². The Balaban J connectivity index is 1.80. The van der Waals surface area contributed by atoms with Gasteiger partial charge in [0.2, 0.25) is 0 Å². The molecular weight excluding hydrogens is 280 g/mol. The molecule has 1 saturated carbocycles. The van der Waals surface area contributed by atoms with E-state index in [1.807, 2.05) is 13.0 Å². The van der Waals surface area contributed by atoms with Crippen LogP contribution in [-0.4, -0.2) is 31.1 Å². The quantitative estimate of drug-likeness (QED) is 0.856. The third-order valence-corrected chi connectivity index (χ3v) is 4.20. The smallest absolute Gasteiger partial charge is 0.253 e. The number of carbonyl (C=O) groups is 1. The summed E-state index contributed by atoms with van der Waals surface area (Å²) in [4.78, 5) is 12.6. The van der Waals surface area contributed by atoms with E-state index in [0.29, 0.717) is 11.9 Å². The van der Waals surface area contributed by atoms with Gasteiger partial charge in [0.25, 0.3) is 5.91 Å². The molecule has 1 atom stereocenters. The van der Waals surface area contributed by atoms with Crippen LogP contribution in [0.5, 0.6) is 0 Å². The summed E-state index contributed by atoms with van der Waals surface area (Å²) >= 11 is 0. The predicted octanol–water partition coefficient (Wildman–Crippen LogP) is 2.22. The Morgan fingerprint density at radius 1 is 1.50 bits per heavy atom. The minimum absolute atomic E-state index is 0.0664. The van der Waals surface area contributed by atoms with E-state index in [0.717, 1.165) is 29.8 Å². The van der Waals surface area contributed by atoms with Gasteiger partial charge < -0.3 is 9.88 Å². The summed E-state index contributed by atoms with van der Waals surface area (Å²) in [6, 6.07) is 2.34. The second-order valence-corrected chi connectivity index (χ2v) is 5.97. The van der Waals surface area contributed by atoms with Gasteiger partial charge in [-0.05, 0) is 39.2 Å². The molecule has 0 saturated heterocycles. The zero-order valence-electron chi connectivity index (χ0n) is 13.3. The first-order valence-electron chi connectivity index (χ1n) is 7.84. The van der Waals surface area contributed by atoms with E-state index in [1.54, 1.807) is 0 Å². The van der Waals surface area contributed by atoms with Crippen molar-refractivity contribution >= 4 is 5.91 Å². The van der Waals surface area contributed by atoms with E-state index in [1.165, 1.54) is 12.8 Å². The molecular formula is C15H22N6O. The molecule has 0 aromatic carbocycles. The monoisotopic (exact) mass is 302 g/mol. The molecule has 1 fully saturated rings. The maximum atomic E-state index is 12.6. The molecule has 0 unspecified atom stereocenters. The Bertz CT molecular complexity index is 656. The molecule has 3 rings (SSSR count). The number of amides is 1. The lowest BCUT2D eigenvalue weighted by atomic mass is 10.1. The number of rotatable bonds is 6. The van der Waals surface area contributed by atoms with Crippen molar-refractivity contribution in [2.45, 2.75) is 58.5 Å². The normalized spacial score (nSPS) is 15.8. The van der Waals surface area contributed by atoms with Gasteiger partial charge in [0.1, 0.15) is 0 Å². The number of hydrogen-bond acceptors (Lipinski definition) is 4. The zero-order valence-corrected chi connectivity index (χ0v) is 13.3. The molecule has 0 bridgehead atoms. The maximum absolute atomic E-state index is 12.6. The first kappa shape index (κ1) is 14.7. The van der Waals surface area contributed by atoms with Gasteiger partial charge in [0.05, 0.1) is 11.6 Å². The number of aromatic nitrogens is 5. The highest BCUT2D eigenvalue weighted by Crippen LogP contribution is 2.38. The van der Waals surface area contributed by atoms with E-state index in [-0.39, 0.29) is 11.9 Å². The highest BCUT2D eigenvalue weighted by molar-refractivity contribution is 5.96. The second-order valence-electron chi connectivity index (χ2n) is 5.97. The Labute approximate surface area is 129 Å². The van der Waals surface area contributed by atoms with Crippen LogP contribution in [-0.2, 0) is 0 Å². The number of H-pyrrole nitrogens is 1. The summed E-state index contributed by atoms with van der Waals surface area (Å²) in [5.74, 6) is 0.467. The largest absolute Gasteiger partial charge is 0.345 e. The van der Waals surface area contributed by atoms with Crippen molar-refractivity contribution in [1.29, 1.82) is 0 Å². The number of nitrogens with zero attached hydrogens (tertiary/aromatic N) is 4. The molecule has 2 aromatic rings. The average molecular weight is 302 g/mol. The van der Waals surface area contributed by atoms with Crippen molar-refractivity contribution in [2.24, 2.45) is 0 Å². The fraction of sp³-hybridized carbons (Fsp3) is 0.600. The molecule has 0 aliphatic heterocycles. The lowest BCUT2D eigenvalue weighted by Gasteiger charge is -2.14. The third-order valence-electron chi connectivity index (χ3n) is 4.20. The molecule has 118 valence electrons. The summed E-state index contributed by atoms with van der Waals surface area (Å²) in [7, 11) is 0.